The fraction of sp³-hybridized carbons (Fsp3) is 0.0833. The van der Waals surface area contributed by atoms with Gasteiger partial charge in [0.2, 0.25) is 0 Å². The van der Waals surface area contributed by atoms with Crippen LogP contribution in [0.1, 0.15) is 5.56 Å². The van der Waals surface area contributed by atoms with Gasteiger partial charge >= 0.3 is 0 Å². The zero-order chi connectivity index (χ0) is 12.5. The Kier molecular flexibility index (Phi) is 2.40. The molecular weight excluding hydrogens is 235 g/mol. The van der Waals surface area contributed by atoms with E-state index in [1.165, 1.54) is 29.4 Å². The number of hydrogen-bond donors (Lipinski definition) is 1. The van der Waals surface area contributed by atoms with Gasteiger partial charge in [0.1, 0.15) is 12.1 Å². The van der Waals surface area contributed by atoms with E-state index >= 15 is 0 Å². The van der Waals surface area contributed by atoms with Gasteiger partial charge in [-0.3, -0.25) is 9.36 Å². The summed E-state index contributed by atoms with van der Waals surface area (Å²) in [5.41, 5.74) is 1.41. The highest BCUT2D eigenvalue weighted by Gasteiger charge is 2.06. The molecule has 0 aliphatic carbocycles. The average Bonchev–Trinajstić information content (AvgIpc) is 2.84. The van der Waals surface area contributed by atoms with E-state index in [4.69, 9.17) is 0 Å². The normalized spacial score (nSPS) is 10.9. The van der Waals surface area contributed by atoms with Crippen molar-refractivity contribution in [3.8, 4) is 0 Å². The molecule has 0 bridgehead atoms. The smallest absolute Gasteiger partial charge is 0.279 e. The van der Waals surface area contributed by atoms with Crippen LogP contribution in [0.2, 0.25) is 0 Å². The predicted molar refractivity (Wildman–Crippen MR) is 63.7 cm³/mol. The lowest BCUT2D eigenvalue weighted by Gasteiger charge is -2.04. The van der Waals surface area contributed by atoms with Crippen molar-refractivity contribution in [2.24, 2.45) is 0 Å². The summed E-state index contributed by atoms with van der Waals surface area (Å²) in [6, 6.07) is 6.00. The Balaban J connectivity index is 2.02. The van der Waals surface area contributed by atoms with Crippen molar-refractivity contribution in [1.29, 1.82) is 0 Å². The van der Waals surface area contributed by atoms with E-state index in [9.17, 15) is 9.18 Å². The molecule has 0 saturated heterocycles. The summed E-state index contributed by atoms with van der Waals surface area (Å²) in [5.74, 6) is -0.298. The van der Waals surface area contributed by atoms with Crippen molar-refractivity contribution >= 4 is 11.2 Å². The van der Waals surface area contributed by atoms with Crippen LogP contribution >= 0.6 is 0 Å². The molecule has 6 heteroatoms. The Morgan fingerprint density at radius 3 is 2.78 bits per heavy atom. The Bertz CT molecular complexity index is 745. The number of aromatic amines is 1. The maximum atomic E-state index is 12.8. The maximum Gasteiger partial charge on any atom is 0.279 e. The van der Waals surface area contributed by atoms with E-state index in [1.54, 1.807) is 12.1 Å². The molecule has 0 radical (unpaired) electrons. The number of halogens is 1. The summed E-state index contributed by atoms with van der Waals surface area (Å²) in [6.07, 6.45) is 2.87. The second kappa shape index (κ2) is 4.06. The summed E-state index contributed by atoms with van der Waals surface area (Å²) >= 11 is 0. The van der Waals surface area contributed by atoms with Crippen LogP contribution in [0.15, 0.2) is 41.7 Å². The third-order valence-electron chi connectivity index (χ3n) is 2.68. The quantitative estimate of drug-likeness (QED) is 0.739. The van der Waals surface area contributed by atoms with E-state index in [1.807, 2.05) is 0 Å². The van der Waals surface area contributed by atoms with Crippen LogP contribution < -0.4 is 5.56 Å². The van der Waals surface area contributed by atoms with Crippen LogP contribution in [0.4, 0.5) is 4.39 Å². The fourth-order valence-electron chi connectivity index (χ4n) is 1.76. The predicted octanol–water partition coefficient (Wildman–Crippen LogP) is 1.31. The number of benzene rings is 1. The standard InChI is InChI=1S/C12H9FN4O/c13-9-3-1-8(2-4-9)5-17-7-16-11-10(12(17)18)14-6-15-11/h1-4,6-7H,5H2,(H,14,15). The second-order valence-electron chi connectivity index (χ2n) is 3.91. The van der Waals surface area contributed by atoms with Crippen molar-refractivity contribution < 1.29 is 4.39 Å². The topological polar surface area (TPSA) is 63.6 Å². The first kappa shape index (κ1) is 10.6. The number of imidazole rings is 1. The second-order valence-corrected chi connectivity index (χ2v) is 3.91. The maximum absolute atomic E-state index is 12.8. The molecule has 0 amide bonds. The lowest BCUT2D eigenvalue weighted by Crippen LogP contribution is -2.21. The molecule has 18 heavy (non-hydrogen) atoms. The van der Waals surface area contributed by atoms with Gasteiger partial charge in [0.05, 0.1) is 12.9 Å². The molecule has 2 aromatic heterocycles. The van der Waals surface area contributed by atoms with Crippen molar-refractivity contribution in [2.45, 2.75) is 6.54 Å². The van der Waals surface area contributed by atoms with Crippen LogP contribution in [0.3, 0.4) is 0 Å². The molecule has 0 saturated carbocycles. The van der Waals surface area contributed by atoms with Gasteiger partial charge in [0, 0.05) is 0 Å². The van der Waals surface area contributed by atoms with E-state index in [0.29, 0.717) is 17.7 Å². The number of nitrogens with zero attached hydrogens (tertiary/aromatic N) is 3. The third-order valence-corrected chi connectivity index (χ3v) is 2.68. The van der Waals surface area contributed by atoms with Crippen LogP contribution in [0, 0.1) is 5.82 Å². The monoisotopic (exact) mass is 244 g/mol. The molecular formula is C12H9FN4O. The molecule has 1 aromatic carbocycles. The molecule has 90 valence electrons. The minimum atomic E-state index is -0.298. The van der Waals surface area contributed by atoms with Gasteiger partial charge in [-0.05, 0) is 17.7 Å². The number of fused-ring (bicyclic) bond motifs is 1. The number of aromatic nitrogens is 4. The lowest BCUT2D eigenvalue weighted by atomic mass is 10.2. The Hall–Kier alpha value is -2.50. The molecule has 1 N–H and O–H groups in total. The summed E-state index contributed by atoms with van der Waals surface area (Å²) in [6.45, 7) is 0.348. The highest BCUT2D eigenvalue weighted by Crippen LogP contribution is 2.05. The summed E-state index contributed by atoms with van der Waals surface area (Å²) < 4.78 is 14.2. The zero-order valence-electron chi connectivity index (χ0n) is 9.30. The summed E-state index contributed by atoms with van der Waals surface area (Å²) in [7, 11) is 0. The fourth-order valence-corrected chi connectivity index (χ4v) is 1.76. The minimum Gasteiger partial charge on any atom is -0.339 e. The van der Waals surface area contributed by atoms with Gasteiger partial charge < -0.3 is 4.98 Å². The van der Waals surface area contributed by atoms with Crippen LogP contribution in [-0.2, 0) is 6.54 Å². The molecule has 0 unspecified atom stereocenters. The molecule has 3 aromatic rings. The van der Waals surface area contributed by atoms with Crippen molar-refractivity contribution in [3.05, 3.63) is 58.7 Å². The Labute approximate surface area is 101 Å². The van der Waals surface area contributed by atoms with Crippen LogP contribution in [0.25, 0.3) is 11.2 Å². The van der Waals surface area contributed by atoms with Crippen molar-refractivity contribution in [2.75, 3.05) is 0 Å². The Morgan fingerprint density at radius 2 is 2.00 bits per heavy atom. The summed E-state index contributed by atoms with van der Waals surface area (Å²) in [5, 5.41) is 0. The summed E-state index contributed by atoms with van der Waals surface area (Å²) in [4.78, 5) is 22.8. The first-order chi connectivity index (χ1) is 8.74. The number of hydrogen-bond acceptors (Lipinski definition) is 3. The molecule has 0 atom stereocenters. The first-order valence-electron chi connectivity index (χ1n) is 5.37. The lowest BCUT2D eigenvalue weighted by molar-refractivity contribution is 0.626. The molecule has 0 fully saturated rings. The molecule has 0 aliphatic heterocycles. The highest BCUT2D eigenvalue weighted by atomic mass is 19.1. The van der Waals surface area contributed by atoms with Crippen molar-refractivity contribution in [1.82, 2.24) is 19.5 Å². The number of rotatable bonds is 2. The van der Waals surface area contributed by atoms with Gasteiger partial charge in [-0.25, -0.2) is 14.4 Å². The van der Waals surface area contributed by atoms with Gasteiger partial charge in [0.15, 0.2) is 11.2 Å². The Morgan fingerprint density at radius 1 is 1.22 bits per heavy atom. The van der Waals surface area contributed by atoms with E-state index < -0.39 is 0 Å². The molecule has 0 spiro atoms. The SMILES string of the molecule is O=c1c2[nH]cnc2ncn1Cc1ccc(F)cc1. The third kappa shape index (κ3) is 1.77. The van der Waals surface area contributed by atoms with E-state index in [2.05, 4.69) is 15.0 Å². The van der Waals surface area contributed by atoms with Gasteiger partial charge in [-0.2, -0.15) is 0 Å². The molecule has 5 nitrogen and oxygen atoms in total. The minimum absolute atomic E-state index is 0.193. The number of H-pyrrole nitrogens is 1. The zero-order valence-corrected chi connectivity index (χ0v) is 9.30. The van der Waals surface area contributed by atoms with Gasteiger partial charge in [-0.1, -0.05) is 12.1 Å². The largest absolute Gasteiger partial charge is 0.339 e. The molecule has 2 heterocycles. The molecule has 3 rings (SSSR count). The van der Waals surface area contributed by atoms with Crippen LogP contribution in [-0.4, -0.2) is 19.5 Å². The number of nitrogens with one attached hydrogen (secondary N) is 1. The van der Waals surface area contributed by atoms with E-state index in [0.717, 1.165) is 5.56 Å². The van der Waals surface area contributed by atoms with Crippen molar-refractivity contribution in [3.63, 3.8) is 0 Å². The van der Waals surface area contributed by atoms with E-state index in [-0.39, 0.29) is 11.4 Å². The average molecular weight is 244 g/mol. The van der Waals surface area contributed by atoms with Gasteiger partial charge in [0.25, 0.3) is 5.56 Å². The van der Waals surface area contributed by atoms with Crippen LogP contribution in [0.5, 0.6) is 0 Å². The molecule has 0 aliphatic rings. The van der Waals surface area contributed by atoms with Gasteiger partial charge in [-0.15, -0.1) is 0 Å². The first-order valence-corrected chi connectivity index (χ1v) is 5.37. The highest BCUT2D eigenvalue weighted by molar-refractivity contribution is 5.67.